The Hall–Kier alpha value is -2.69. The van der Waals surface area contributed by atoms with Crippen LogP contribution in [0.2, 0.25) is 0 Å². The summed E-state index contributed by atoms with van der Waals surface area (Å²) in [5.41, 5.74) is 2.57. The predicted octanol–water partition coefficient (Wildman–Crippen LogP) is 6.37. The minimum atomic E-state index is -0.759. The Morgan fingerprint density at radius 1 is 1.00 bits per heavy atom. The number of thiazole rings is 1. The zero-order valence-electron chi connectivity index (χ0n) is 23.9. The number of hydrogen-bond acceptors (Lipinski definition) is 8. The molecule has 0 aliphatic carbocycles. The topological polar surface area (TPSA) is 88.4 Å². The zero-order valence-corrected chi connectivity index (χ0v) is 30.7. The van der Waals surface area contributed by atoms with Gasteiger partial charge in [-0.3, -0.25) is 9.36 Å². The summed E-state index contributed by atoms with van der Waals surface area (Å²) >= 11 is 9.23. The van der Waals surface area contributed by atoms with Crippen LogP contribution in [0.3, 0.4) is 0 Å². The molecule has 0 radical (unpaired) electrons. The number of rotatable bonds is 10. The van der Waals surface area contributed by atoms with E-state index in [0.717, 1.165) is 28.5 Å². The van der Waals surface area contributed by atoms with Crippen molar-refractivity contribution in [1.82, 2.24) is 4.57 Å². The molecule has 2 heterocycles. The lowest BCUT2D eigenvalue weighted by atomic mass is 9.97. The van der Waals surface area contributed by atoms with E-state index in [-0.39, 0.29) is 11.1 Å². The van der Waals surface area contributed by atoms with Crippen LogP contribution < -0.4 is 29.1 Å². The SMILES string of the molecule is CCOc1ccc([C@@H]2C(C(=O)OC)=CN=c3s/c(=C\c4cc(I)c(OCc5ccc(Br)cc5)c(I)c4)c(=O)n32)cc1OCC. The molecular formula is C32H27BrI2N2O6S. The normalized spacial score (nSPS) is 14.4. The fraction of sp³-hybridized carbons (Fsp3) is 0.219. The Labute approximate surface area is 293 Å². The highest BCUT2D eigenvalue weighted by molar-refractivity contribution is 14.1. The molecule has 8 nitrogen and oxygen atoms in total. The first-order valence-corrected chi connectivity index (χ1v) is 17.4. The Morgan fingerprint density at radius 3 is 2.34 bits per heavy atom. The van der Waals surface area contributed by atoms with Crippen molar-refractivity contribution in [2.75, 3.05) is 20.3 Å². The average molecular weight is 901 g/mol. The largest absolute Gasteiger partial charge is 0.490 e. The molecule has 4 aromatic rings. The maximum atomic E-state index is 14.0. The number of carbonyl (C=O) groups excluding carboxylic acids is 1. The minimum Gasteiger partial charge on any atom is -0.490 e. The van der Waals surface area contributed by atoms with Crippen molar-refractivity contribution in [1.29, 1.82) is 0 Å². The van der Waals surface area contributed by atoms with E-state index < -0.39 is 12.0 Å². The van der Waals surface area contributed by atoms with E-state index in [1.54, 1.807) is 16.7 Å². The van der Waals surface area contributed by atoms with Gasteiger partial charge in [0.05, 0.1) is 43.6 Å². The number of halogens is 3. The van der Waals surface area contributed by atoms with E-state index in [4.69, 9.17) is 18.9 Å². The van der Waals surface area contributed by atoms with Gasteiger partial charge in [0, 0.05) is 10.7 Å². The lowest BCUT2D eigenvalue weighted by molar-refractivity contribution is -0.136. The van der Waals surface area contributed by atoms with Crippen molar-refractivity contribution in [3.8, 4) is 17.2 Å². The molecule has 0 unspecified atom stereocenters. The summed E-state index contributed by atoms with van der Waals surface area (Å²) in [5, 5.41) is 0. The monoisotopic (exact) mass is 900 g/mol. The maximum absolute atomic E-state index is 14.0. The van der Waals surface area contributed by atoms with Crippen LogP contribution in [0.15, 0.2) is 80.6 Å². The highest BCUT2D eigenvalue weighted by Crippen LogP contribution is 2.35. The third-order valence-electron chi connectivity index (χ3n) is 6.62. The molecule has 0 N–H and O–H groups in total. The smallest absolute Gasteiger partial charge is 0.337 e. The van der Waals surface area contributed by atoms with E-state index >= 15 is 0 Å². The molecule has 44 heavy (non-hydrogen) atoms. The molecule has 0 bridgehead atoms. The van der Waals surface area contributed by atoms with E-state index in [0.29, 0.717) is 46.2 Å². The molecular weight excluding hydrogens is 874 g/mol. The second-order valence-corrected chi connectivity index (χ2v) is 13.7. The van der Waals surface area contributed by atoms with Gasteiger partial charge in [0.15, 0.2) is 16.3 Å². The van der Waals surface area contributed by atoms with Crippen LogP contribution in [0.5, 0.6) is 17.2 Å². The number of esters is 1. The summed E-state index contributed by atoms with van der Waals surface area (Å²) in [4.78, 5) is 31.8. The molecule has 5 rings (SSSR count). The van der Waals surface area contributed by atoms with Crippen molar-refractivity contribution in [2.24, 2.45) is 4.99 Å². The zero-order chi connectivity index (χ0) is 31.4. The Bertz CT molecular complexity index is 1900. The Kier molecular flexibility index (Phi) is 10.9. The van der Waals surface area contributed by atoms with Gasteiger partial charge in [-0.15, -0.1) is 0 Å². The number of benzene rings is 3. The van der Waals surface area contributed by atoms with E-state index in [1.165, 1.54) is 24.6 Å². The number of hydrogen-bond donors (Lipinski definition) is 0. The van der Waals surface area contributed by atoms with Gasteiger partial charge in [0.2, 0.25) is 0 Å². The molecule has 12 heteroatoms. The summed E-state index contributed by atoms with van der Waals surface area (Å²) in [6.45, 7) is 5.12. The van der Waals surface area contributed by atoms with Crippen molar-refractivity contribution >= 4 is 84.5 Å². The van der Waals surface area contributed by atoms with Gasteiger partial charge in [0.1, 0.15) is 12.4 Å². The number of nitrogens with zero attached hydrogens (tertiary/aromatic N) is 2. The van der Waals surface area contributed by atoms with Crippen molar-refractivity contribution in [3.05, 3.63) is 114 Å². The van der Waals surface area contributed by atoms with Gasteiger partial charge in [0.25, 0.3) is 5.56 Å². The van der Waals surface area contributed by atoms with E-state index in [1.807, 2.05) is 62.4 Å². The van der Waals surface area contributed by atoms with E-state index in [2.05, 4.69) is 66.1 Å². The first kappa shape index (κ1) is 32.7. The highest BCUT2D eigenvalue weighted by atomic mass is 127. The first-order chi connectivity index (χ1) is 21.2. The van der Waals surface area contributed by atoms with Gasteiger partial charge < -0.3 is 18.9 Å². The van der Waals surface area contributed by atoms with Crippen molar-refractivity contribution in [2.45, 2.75) is 26.5 Å². The third-order valence-corrected chi connectivity index (χ3v) is 9.75. The lowest BCUT2D eigenvalue weighted by Crippen LogP contribution is -2.39. The summed E-state index contributed by atoms with van der Waals surface area (Å²) in [6, 6.07) is 16.6. The lowest BCUT2D eigenvalue weighted by Gasteiger charge is -2.23. The van der Waals surface area contributed by atoms with Crippen LogP contribution in [0.4, 0.5) is 0 Å². The van der Waals surface area contributed by atoms with Crippen molar-refractivity contribution in [3.63, 3.8) is 0 Å². The summed E-state index contributed by atoms with van der Waals surface area (Å²) in [7, 11) is 1.31. The van der Waals surface area contributed by atoms with Crippen LogP contribution in [0.25, 0.3) is 6.08 Å². The Balaban J connectivity index is 1.54. The molecule has 0 amide bonds. The molecule has 0 spiro atoms. The quantitative estimate of drug-likeness (QED) is 0.136. The standard InChI is InChI=1S/C32H27BrI2N2O6S/c1-4-41-25-11-8-20(15-26(25)42-5-2)28-22(31(39)40-3)16-36-32-37(28)30(38)27(44-32)14-19-12-23(34)29(24(35)13-19)43-17-18-6-9-21(33)10-7-18/h6-16,28H,4-5,17H2,1-3H3/b27-14-/t28-/m1/s1. The van der Waals surface area contributed by atoms with Crippen LogP contribution in [-0.2, 0) is 16.1 Å². The number of aromatic nitrogens is 1. The maximum Gasteiger partial charge on any atom is 0.337 e. The second-order valence-electron chi connectivity index (χ2n) is 9.48. The number of ether oxygens (including phenoxy) is 4. The summed E-state index contributed by atoms with van der Waals surface area (Å²) in [5.74, 6) is 1.34. The highest BCUT2D eigenvalue weighted by Gasteiger charge is 2.31. The number of fused-ring (bicyclic) bond motifs is 1. The van der Waals surface area contributed by atoms with Crippen molar-refractivity contribution < 1.29 is 23.7 Å². The summed E-state index contributed by atoms with van der Waals surface area (Å²) < 4.78 is 27.7. The molecule has 228 valence electrons. The van der Waals surface area contributed by atoms with Gasteiger partial charge >= 0.3 is 5.97 Å². The molecule has 1 aliphatic heterocycles. The molecule has 1 atom stereocenters. The van der Waals surface area contributed by atoms with Crippen LogP contribution in [0, 0.1) is 7.14 Å². The van der Waals surface area contributed by atoms with Crippen LogP contribution in [-0.4, -0.2) is 30.9 Å². The van der Waals surface area contributed by atoms with Crippen LogP contribution in [0.1, 0.15) is 36.6 Å². The van der Waals surface area contributed by atoms with Gasteiger partial charge in [-0.05, 0) is 118 Å². The van der Waals surface area contributed by atoms with Gasteiger partial charge in [-0.2, -0.15) is 0 Å². The molecule has 1 aliphatic rings. The number of methoxy groups -OCH3 is 1. The predicted molar refractivity (Wildman–Crippen MR) is 190 cm³/mol. The molecule has 1 aromatic heterocycles. The average Bonchev–Trinajstić information content (AvgIpc) is 3.32. The van der Waals surface area contributed by atoms with Crippen LogP contribution >= 0.6 is 72.4 Å². The molecule has 0 fully saturated rings. The Morgan fingerprint density at radius 2 is 1.68 bits per heavy atom. The van der Waals surface area contributed by atoms with Gasteiger partial charge in [-0.1, -0.05) is 45.5 Å². The molecule has 3 aromatic carbocycles. The second kappa shape index (κ2) is 14.6. The molecule has 0 saturated heterocycles. The molecule has 0 saturated carbocycles. The first-order valence-electron chi connectivity index (χ1n) is 13.6. The fourth-order valence-corrected chi connectivity index (χ4v) is 8.04. The van der Waals surface area contributed by atoms with Gasteiger partial charge in [-0.25, -0.2) is 9.79 Å². The fourth-order valence-electron chi connectivity index (χ4n) is 4.68. The summed E-state index contributed by atoms with van der Waals surface area (Å²) in [6.07, 6.45) is 3.32. The number of carbonyl (C=O) groups is 1. The third kappa shape index (κ3) is 7.07. The van der Waals surface area contributed by atoms with E-state index in [9.17, 15) is 9.59 Å². The minimum absolute atomic E-state index is 0.245.